The van der Waals surface area contributed by atoms with Crippen molar-refractivity contribution in [2.45, 2.75) is 71.8 Å². The number of carbonyl (C=O) groups is 3. The summed E-state index contributed by atoms with van der Waals surface area (Å²) in [7, 11) is 0. The van der Waals surface area contributed by atoms with Gasteiger partial charge >= 0.3 is 11.9 Å². The molecule has 1 N–H and O–H groups in total. The third-order valence-electron chi connectivity index (χ3n) is 4.61. The first-order valence-electron chi connectivity index (χ1n) is 8.37. The summed E-state index contributed by atoms with van der Waals surface area (Å²) in [5.41, 5.74) is 0. The van der Waals surface area contributed by atoms with Gasteiger partial charge in [-0.15, -0.1) is 0 Å². The number of carboxylic acids is 1. The monoisotopic (exact) mass is 312 g/mol. The number of carbonyl (C=O) groups excluding carboxylic acids is 2. The molecule has 5 heteroatoms. The molecule has 0 spiro atoms. The summed E-state index contributed by atoms with van der Waals surface area (Å²) < 4.78 is 5.05. The zero-order valence-corrected chi connectivity index (χ0v) is 13.8. The molecule has 2 unspecified atom stereocenters. The molecule has 0 aromatic heterocycles. The Kier molecular flexibility index (Phi) is 7.56. The molecule has 0 heterocycles. The highest BCUT2D eigenvalue weighted by atomic mass is 16.5. The largest absolute Gasteiger partial charge is 0.480 e. The fourth-order valence-electron chi connectivity index (χ4n) is 3.07. The summed E-state index contributed by atoms with van der Waals surface area (Å²) in [6, 6.07) is 0. The quantitative estimate of drug-likeness (QED) is 0.550. The summed E-state index contributed by atoms with van der Waals surface area (Å²) in [6.07, 6.45) is 5.75. The minimum absolute atomic E-state index is 0.321. The van der Waals surface area contributed by atoms with Gasteiger partial charge in [0.05, 0.1) is 6.10 Å². The van der Waals surface area contributed by atoms with Gasteiger partial charge < -0.3 is 9.84 Å². The van der Waals surface area contributed by atoms with Gasteiger partial charge in [-0.2, -0.15) is 0 Å². The maximum absolute atomic E-state index is 12.4. The Balaban J connectivity index is 2.66. The molecule has 0 amide bonds. The second-order valence-electron chi connectivity index (χ2n) is 6.34. The first-order chi connectivity index (χ1) is 10.4. The summed E-state index contributed by atoms with van der Waals surface area (Å²) in [4.78, 5) is 35.8. The van der Waals surface area contributed by atoms with Gasteiger partial charge in [0.15, 0.2) is 5.78 Å². The molecular formula is C17H28O5. The van der Waals surface area contributed by atoms with E-state index in [1.807, 2.05) is 6.92 Å². The first kappa shape index (κ1) is 18.7. The molecule has 1 aliphatic rings. The van der Waals surface area contributed by atoms with Gasteiger partial charge in [-0.3, -0.25) is 14.4 Å². The molecule has 5 nitrogen and oxygen atoms in total. The van der Waals surface area contributed by atoms with Gasteiger partial charge in [-0.1, -0.05) is 26.7 Å². The van der Waals surface area contributed by atoms with Crippen LogP contribution < -0.4 is 0 Å². The summed E-state index contributed by atoms with van der Waals surface area (Å²) in [6.45, 7) is 5.67. The minimum Gasteiger partial charge on any atom is -0.480 e. The van der Waals surface area contributed by atoms with Crippen LogP contribution in [0.2, 0.25) is 0 Å². The maximum atomic E-state index is 12.4. The lowest BCUT2D eigenvalue weighted by atomic mass is 9.76. The fourth-order valence-corrected chi connectivity index (χ4v) is 3.07. The van der Waals surface area contributed by atoms with Crippen LogP contribution in [-0.4, -0.2) is 28.9 Å². The number of Topliss-reactive ketones (excluding diaryl/α,β-unsaturated/α-hetero) is 1. The standard InChI is InChI=1S/C17H28O5/c1-4-6-12-7-9-13(10-8-12)15(18)14(16(19)20)17(21)22-11(3)5-2/h11-14H,4-10H2,1-3H3,(H,19,20). The van der Waals surface area contributed by atoms with E-state index in [4.69, 9.17) is 4.74 Å². The predicted molar refractivity (Wildman–Crippen MR) is 82.3 cm³/mol. The third-order valence-corrected chi connectivity index (χ3v) is 4.61. The van der Waals surface area contributed by atoms with E-state index in [-0.39, 0.29) is 12.0 Å². The van der Waals surface area contributed by atoms with E-state index in [0.29, 0.717) is 25.2 Å². The number of esters is 1. The minimum atomic E-state index is -1.67. The number of ketones is 1. The lowest BCUT2D eigenvalue weighted by Gasteiger charge is -2.28. The normalized spacial score (nSPS) is 24.3. The molecule has 1 fully saturated rings. The SMILES string of the molecule is CCCC1CCC(C(=O)C(C(=O)O)C(=O)OC(C)CC)CC1. The van der Waals surface area contributed by atoms with Crippen LogP contribution in [0.3, 0.4) is 0 Å². The molecular weight excluding hydrogens is 284 g/mol. The Morgan fingerprint density at radius 1 is 1.14 bits per heavy atom. The van der Waals surface area contributed by atoms with E-state index in [0.717, 1.165) is 25.7 Å². The summed E-state index contributed by atoms with van der Waals surface area (Å²) in [5, 5.41) is 9.24. The second kappa shape index (κ2) is 8.91. The third kappa shape index (κ3) is 5.11. The van der Waals surface area contributed by atoms with E-state index in [1.165, 1.54) is 0 Å². The van der Waals surface area contributed by atoms with Crippen LogP contribution in [0.5, 0.6) is 0 Å². The van der Waals surface area contributed by atoms with Crippen LogP contribution in [0.4, 0.5) is 0 Å². The molecule has 0 aromatic carbocycles. The number of hydrogen-bond acceptors (Lipinski definition) is 4. The molecule has 1 rings (SSSR count). The van der Waals surface area contributed by atoms with E-state index in [2.05, 4.69) is 6.92 Å². The Labute approximate surface area is 132 Å². The van der Waals surface area contributed by atoms with Crippen LogP contribution in [0, 0.1) is 17.8 Å². The molecule has 0 radical (unpaired) electrons. The lowest BCUT2D eigenvalue weighted by molar-refractivity contribution is -0.165. The number of carboxylic acid groups (broad SMARTS) is 1. The zero-order valence-electron chi connectivity index (χ0n) is 13.8. The summed E-state index contributed by atoms with van der Waals surface area (Å²) >= 11 is 0. The number of hydrogen-bond donors (Lipinski definition) is 1. The molecule has 0 aliphatic heterocycles. The molecule has 2 atom stereocenters. The predicted octanol–water partition coefficient (Wildman–Crippen LogP) is 3.20. The van der Waals surface area contributed by atoms with Gasteiger partial charge in [0.2, 0.25) is 5.92 Å². The van der Waals surface area contributed by atoms with Crippen LogP contribution in [0.15, 0.2) is 0 Å². The molecule has 126 valence electrons. The van der Waals surface area contributed by atoms with Gasteiger partial charge in [0, 0.05) is 5.92 Å². The first-order valence-corrected chi connectivity index (χ1v) is 8.37. The molecule has 1 aliphatic carbocycles. The van der Waals surface area contributed by atoms with Gasteiger partial charge in [-0.25, -0.2) is 0 Å². The molecule has 0 bridgehead atoms. The van der Waals surface area contributed by atoms with Crippen LogP contribution in [0.25, 0.3) is 0 Å². The van der Waals surface area contributed by atoms with Crippen molar-refractivity contribution >= 4 is 17.7 Å². The van der Waals surface area contributed by atoms with Gasteiger partial charge in [-0.05, 0) is 44.9 Å². The zero-order chi connectivity index (χ0) is 16.7. The van der Waals surface area contributed by atoms with Crippen molar-refractivity contribution < 1.29 is 24.2 Å². The van der Waals surface area contributed by atoms with Crippen molar-refractivity contribution in [3.05, 3.63) is 0 Å². The average molecular weight is 312 g/mol. The van der Waals surface area contributed by atoms with Crippen molar-refractivity contribution in [3.63, 3.8) is 0 Å². The Hall–Kier alpha value is -1.39. The number of rotatable bonds is 8. The van der Waals surface area contributed by atoms with Crippen LogP contribution >= 0.6 is 0 Å². The highest BCUT2D eigenvalue weighted by Gasteiger charge is 2.40. The van der Waals surface area contributed by atoms with Crippen molar-refractivity contribution in [2.75, 3.05) is 0 Å². The lowest BCUT2D eigenvalue weighted by Crippen LogP contribution is -2.39. The average Bonchev–Trinajstić information content (AvgIpc) is 2.47. The van der Waals surface area contributed by atoms with Gasteiger partial charge in [0.25, 0.3) is 0 Å². The van der Waals surface area contributed by atoms with Crippen LogP contribution in [0.1, 0.15) is 65.7 Å². The fraction of sp³-hybridized carbons (Fsp3) is 0.824. The van der Waals surface area contributed by atoms with E-state index < -0.39 is 23.6 Å². The molecule has 1 saturated carbocycles. The molecule has 0 aromatic rings. The number of ether oxygens (including phenoxy) is 1. The van der Waals surface area contributed by atoms with Gasteiger partial charge in [0.1, 0.15) is 0 Å². The Bertz CT molecular complexity index is 396. The molecule has 0 saturated heterocycles. The summed E-state index contributed by atoms with van der Waals surface area (Å²) in [5.74, 6) is -4.14. The Morgan fingerprint density at radius 2 is 1.73 bits per heavy atom. The number of aliphatic carboxylic acids is 1. The van der Waals surface area contributed by atoms with E-state index >= 15 is 0 Å². The highest BCUT2D eigenvalue weighted by molar-refractivity contribution is 6.15. The van der Waals surface area contributed by atoms with Crippen molar-refractivity contribution in [2.24, 2.45) is 17.8 Å². The van der Waals surface area contributed by atoms with Crippen molar-refractivity contribution in [1.29, 1.82) is 0 Å². The van der Waals surface area contributed by atoms with Crippen LogP contribution in [-0.2, 0) is 19.1 Å². The second-order valence-corrected chi connectivity index (χ2v) is 6.34. The van der Waals surface area contributed by atoms with Crippen molar-refractivity contribution in [3.8, 4) is 0 Å². The van der Waals surface area contributed by atoms with Crippen molar-refractivity contribution in [1.82, 2.24) is 0 Å². The van der Waals surface area contributed by atoms with E-state index in [1.54, 1.807) is 6.92 Å². The van der Waals surface area contributed by atoms with E-state index in [9.17, 15) is 19.5 Å². The molecule has 22 heavy (non-hydrogen) atoms. The topological polar surface area (TPSA) is 80.7 Å². The highest BCUT2D eigenvalue weighted by Crippen LogP contribution is 2.33. The Morgan fingerprint density at radius 3 is 2.18 bits per heavy atom. The smallest absolute Gasteiger partial charge is 0.328 e. The maximum Gasteiger partial charge on any atom is 0.328 e.